The number of phenolic OH excluding ortho intramolecular Hbond substituents is 1. The summed E-state index contributed by atoms with van der Waals surface area (Å²) in [4.78, 5) is 0. The summed E-state index contributed by atoms with van der Waals surface area (Å²) >= 11 is 5.93. The number of hydrogen-bond acceptors (Lipinski definition) is 3. The van der Waals surface area contributed by atoms with Crippen molar-refractivity contribution in [1.29, 1.82) is 0 Å². The number of phenols is 1. The van der Waals surface area contributed by atoms with Crippen LogP contribution >= 0.6 is 44.3 Å². The molecule has 1 aromatic carbocycles. The summed E-state index contributed by atoms with van der Waals surface area (Å²) in [6.45, 7) is 0. The van der Waals surface area contributed by atoms with Crippen LogP contribution in [-0.2, 0) is 0 Å². The van der Waals surface area contributed by atoms with Crippen molar-refractivity contribution in [1.82, 2.24) is 0 Å². The average molecular weight is 415 g/mol. The van der Waals surface area contributed by atoms with E-state index < -0.39 is 18.3 Å². The predicted octanol–water partition coefficient (Wildman–Crippen LogP) is 3.26. The summed E-state index contributed by atoms with van der Waals surface area (Å²) in [6, 6.07) is 0.822. The number of hydrogen-bond donors (Lipinski definition) is 3. The Bertz CT molecular complexity index is 408. The third-order valence-corrected chi connectivity index (χ3v) is 3.31. The van der Waals surface area contributed by atoms with E-state index in [1.165, 1.54) is 12.1 Å². The number of alkyl halides is 3. The molecule has 0 spiro atoms. The number of nitrogens with two attached hydrogens (primary N) is 1. The molecule has 4 N–H and O–H groups in total. The predicted molar refractivity (Wildman–Crippen MR) is 69.7 cm³/mol. The number of rotatable bonds is 2. The quantitative estimate of drug-likeness (QED) is 0.695. The third kappa shape index (κ3) is 3.99. The van der Waals surface area contributed by atoms with Crippen LogP contribution in [0.25, 0.3) is 0 Å². The van der Waals surface area contributed by atoms with Gasteiger partial charge in [0.05, 0.1) is 15.0 Å². The van der Waals surface area contributed by atoms with Gasteiger partial charge >= 0.3 is 6.18 Å². The smallest absolute Gasteiger partial charge is 0.416 e. The van der Waals surface area contributed by atoms with Gasteiger partial charge in [-0.25, -0.2) is 0 Å². The zero-order valence-corrected chi connectivity index (χ0v) is 12.6. The molecule has 0 aliphatic carbocycles. The highest BCUT2D eigenvalue weighted by Crippen LogP contribution is 2.37. The number of aromatic hydroxyl groups is 1. The fraction of sp³-hybridized carbons (Fsp3) is 0.333. The molecule has 0 fully saturated rings. The minimum atomic E-state index is -4.80. The highest BCUT2D eigenvalue weighted by atomic mass is 79.9. The number of halogens is 6. The van der Waals surface area contributed by atoms with Crippen molar-refractivity contribution in [3.8, 4) is 5.75 Å². The molecule has 0 heterocycles. The molecule has 9 heteroatoms. The summed E-state index contributed by atoms with van der Waals surface area (Å²) < 4.78 is 37.2. The Morgan fingerprint density at radius 3 is 1.89 bits per heavy atom. The molecular formula is C9H9Br2ClF3NO2. The minimum Gasteiger partial charge on any atom is -0.506 e. The largest absolute Gasteiger partial charge is 0.506 e. The van der Waals surface area contributed by atoms with Crippen LogP contribution in [0.3, 0.4) is 0 Å². The molecule has 2 atom stereocenters. The van der Waals surface area contributed by atoms with Gasteiger partial charge in [-0.1, -0.05) is 0 Å². The van der Waals surface area contributed by atoms with E-state index in [1.807, 2.05) is 0 Å². The Labute approximate surface area is 124 Å². The van der Waals surface area contributed by atoms with Gasteiger partial charge in [-0.2, -0.15) is 13.2 Å². The van der Waals surface area contributed by atoms with Crippen molar-refractivity contribution in [3.63, 3.8) is 0 Å². The van der Waals surface area contributed by atoms with Crippen molar-refractivity contribution in [2.75, 3.05) is 0 Å². The molecular weight excluding hydrogens is 406 g/mol. The van der Waals surface area contributed by atoms with Crippen LogP contribution < -0.4 is 5.73 Å². The first kappa shape index (κ1) is 18.0. The van der Waals surface area contributed by atoms with Crippen molar-refractivity contribution in [2.45, 2.75) is 18.3 Å². The monoisotopic (exact) mass is 413 g/mol. The van der Waals surface area contributed by atoms with Crippen LogP contribution in [0.15, 0.2) is 21.1 Å². The van der Waals surface area contributed by atoms with E-state index in [0.717, 1.165) is 0 Å². The number of benzene rings is 1. The summed E-state index contributed by atoms with van der Waals surface area (Å²) in [5, 5.41) is 18.4. The standard InChI is InChI=1S/C9H8Br2F3NO2.ClH/c10-4-1-3(2-5(11)7(4)16)6(15)8(17)9(12,13)14;/h1-2,6,8,16-17H,15H2;1H/t6-,8-;/m1./s1. The molecule has 1 aromatic rings. The second-order valence-corrected chi connectivity index (χ2v) is 5.05. The maximum absolute atomic E-state index is 12.3. The third-order valence-electron chi connectivity index (χ3n) is 2.10. The van der Waals surface area contributed by atoms with Gasteiger partial charge in [0.15, 0.2) is 6.10 Å². The summed E-state index contributed by atoms with van der Waals surface area (Å²) in [5.74, 6) is -0.151. The van der Waals surface area contributed by atoms with Crippen molar-refractivity contribution < 1.29 is 23.4 Å². The van der Waals surface area contributed by atoms with E-state index in [0.29, 0.717) is 0 Å². The molecule has 0 saturated carbocycles. The van der Waals surface area contributed by atoms with Crippen LogP contribution in [-0.4, -0.2) is 22.5 Å². The maximum atomic E-state index is 12.3. The van der Waals surface area contributed by atoms with Gasteiger partial charge < -0.3 is 15.9 Å². The first-order valence-corrected chi connectivity index (χ1v) is 5.91. The lowest BCUT2D eigenvalue weighted by Crippen LogP contribution is -2.38. The average Bonchev–Trinajstić information content (AvgIpc) is 2.21. The van der Waals surface area contributed by atoms with E-state index in [9.17, 15) is 18.3 Å². The van der Waals surface area contributed by atoms with Gasteiger partial charge in [-0.3, -0.25) is 0 Å². The normalized spacial score (nSPS) is 14.8. The molecule has 0 aromatic heterocycles. The molecule has 18 heavy (non-hydrogen) atoms. The molecule has 0 radical (unpaired) electrons. The van der Waals surface area contributed by atoms with Crippen LogP contribution in [0, 0.1) is 0 Å². The Hall–Kier alpha value is -0.0200. The summed E-state index contributed by atoms with van der Waals surface area (Å²) in [6.07, 6.45) is -7.46. The molecule has 104 valence electrons. The zero-order valence-electron chi connectivity index (χ0n) is 8.58. The lowest BCUT2D eigenvalue weighted by Gasteiger charge is -2.22. The van der Waals surface area contributed by atoms with E-state index >= 15 is 0 Å². The first-order valence-electron chi connectivity index (χ1n) is 4.33. The number of aliphatic hydroxyl groups excluding tert-OH is 1. The van der Waals surface area contributed by atoms with Crippen molar-refractivity contribution in [3.05, 3.63) is 26.6 Å². The SMILES string of the molecule is Cl.N[C@H](c1cc(Br)c(O)c(Br)c1)[C@@H](O)C(F)(F)F. The fourth-order valence-electron chi connectivity index (χ4n) is 1.16. The summed E-state index contributed by atoms with van der Waals surface area (Å²) in [7, 11) is 0. The first-order chi connectivity index (χ1) is 7.64. The molecule has 0 aliphatic heterocycles. The minimum absolute atomic E-state index is 0. The second kappa shape index (κ2) is 6.42. The lowest BCUT2D eigenvalue weighted by atomic mass is 10.0. The van der Waals surface area contributed by atoms with Crippen molar-refractivity contribution in [2.24, 2.45) is 5.73 Å². The van der Waals surface area contributed by atoms with Crippen LogP contribution in [0.5, 0.6) is 5.75 Å². The zero-order chi connectivity index (χ0) is 13.4. The fourth-order valence-corrected chi connectivity index (χ4v) is 2.39. The van der Waals surface area contributed by atoms with Crippen LogP contribution in [0.1, 0.15) is 11.6 Å². The van der Waals surface area contributed by atoms with E-state index in [-0.39, 0.29) is 32.7 Å². The van der Waals surface area contributed by atoms with Gasteiger partial charge in [0.25, 0.3) is 0 Å². The molecule has 0 saturated heterocycles. The summed E-state index contributed by atoms with van der Waals surface area (Å²) in [5.41, 5.74) is 5.37. The molecule has 0 unspecified atom stereocenters. The van der Waals surface area contributed by atoms with Crippen molar-refractivity contribution >= 4 is 44.3 Å². The topological polar surface area (TPSA) is 66.5 Å². The number of aliphatic hydroxyl groups is 1. The molecule has 0 amide bonds. The highest BCUT2D eigenvalue weighted by molar-refractivity contribution is 9.11. The molecule has 3 nitrogen and oxygen atoms in total. The van der Waals surface area contributed by atoms with E-state index in [2.05, 4.69) is 31.9 Å². The van der Waals surface area contributed by atoms with Crippen LogP contribution in [0.2, 0.25) is 0 Å². The Morgan fingerprint density at radius 2 is 1.56 bits per heavy atom. The Kier molecular flexibility index (Phi) is 6.42. The second-order valence-electron chi connectivity index (χ2n) is 3.35. The van der Waals surface area contributed by atoms with Gasteiger partial charge in [-0.15, -0.1) is 12.4 Å². The van der Waals surface area contributed by atoms with Gasteiger partial charge in [0.2, 0.25) is 0 Å². The van der Waals surface area contributed by atoms with Gasteiger partial charge in [0, 0.05) is 0 Å². The van der Waals surface area contributed by atoms with E-state index in [4.69, 9.17) is 10.8 Å². The maximum Gasteiger partial charge on any atom is 0.416 e. The van der Waals surface area contributed by atoms with Gasteiger partial charge in [-0.05, 0) is 49.6 Å². The molecule has 1 rings (SSSR count). The molecule has 0 bridgehead atoms. The van der Waals surface area contributed by atoms with Crippen LogP contribution in [0.4, 0.5) is 13.2 Å². The molecule has 0 aliphatic rings. The van der Waals surface area contributed by atoms with E-state index in [1.54, 1.807) is 0 Å². The Morgan fingerprint density at radius 1 is 1.17 bits per heavy atom. The Balaban J connectivity index is 0.00000289. The lowest BCUT2D eigenvalue weighted by molar-refractivity contribution is -0.210. The van der Waals surface area contributed by atoms with Gasteiger partial charge in [0.1, 0.15) is 5.75 Å². The highest BCUT2D eigenvalue weighted by Gasteiger charge is 2.42.